The Hall–Kier alpha value is -3.35. The molecule has 0 radical (unpaired) electrons. The van der Waals surface area contributed by atoms with E-state index in [2.05, 4.69) is 47.5 Å². The van der Waals surface area contributed by atoms with Crippen molar-refractivity contribution in [3.05, 3.63) is 78.7 Å². The summed E-state index contributed by atoms with van der Waals surface area (Å²) in [5, 5.41) is 14.7. The van der Waals surface area contributed by atoms with Gasteiger partial charge in [-0.3, -0.25) is 4.90 Å². The summed E-state index contributed by atoms with van der Waals surface area (Å²) in [6, 6.07) is 20.2. The molecule has 2 aromatic carbocycles. The number of hydrogen-bond donors (Lipinski definition) is 1. The molecule has 6 heteroatoms. The van der Waals surface area contributed by atoms with Gasteiger partial charge in [0.25, 0.3) is 0 Å². The molecule has 0 spiro atoms. The van der Waals surface area contributed by atoms with Crippen molar-refractivity contribution in [2.45, 2.75) is 19.1 Å². The SMILES string of the molecule is COc1ccc(-c2ccc(-n3cc(CN4CCC(O)C4)c(-c4ccco4)n3)cc2)cc1. The second-order valence-electron chi connectivity index (χ2n) is 7.88. The number of likely N-dealkylation sites (tertiary alicyclic amines) is 1. The van der Waals surface area contributed by atoms with Crippen molar-refractivity contribution in [3.8, 4) is 34.0 Å². The van der Waals surface area contributed by atoms with Crippen LogP contribution in [-0.4, -0.2) is 46.1 Å². The number of β-amino-alcohol motifs (C(OH)–C–C–N with tert-alkyl or cyclic N) is 1. The van der Waals surface area contributed by atoms with Crippen molar-refractivity contribution < 1.29 is 14.3 Å². The van der Waals surface area contributed by atoms with Crippen molar-refractivity contribution in [2.75, 3.05) is 20.2 Å². The van der Waals surface area contributed by atoms with E-state index in [1.807, 2.05) is 28.9 Å². The highest BCUT2D eigenvalue weighted by atomic mass is 16.5. The van der Waals surface area contributed by atoms with E-state index in [1.165, 1.54) is 0 Å². The summed E-state index contributed by atoms with van der Waals surface area (Å²) in [6.07, 6.45) is 4.30. The van der Waals surface area contributed by atoms with E-state index in [0.717, 1.165) is 59.1 Å². The first-order valence-electron chi connectivity index (χ1n) is 10.5. The lowest BCUT2D eigenvalue weighted by Crippen LogP contribution is -2.21. The van der Waals surface area contributed by atoms with Gasteiger partial charge in [-0.2, -0.15) is 5.10 Å². The number of aromatic nitrogens is 2. The van der Waals surface area contributed by atoms with Crippen LogP contribution in [0.5, 0.6) is 5.75 Å². The molecule has 2 aromatic heterocycles. The van der Waals surface area contributed by atoms with Gasteiger partial charge >= 0.3 is 0 Å². The second-order valence-corrected chi connectivity index (χ2v) is 7.88. The summed E-state index contributed by atoms with van der Waals surface area (Å²) in [6.45, 7) is 2.32. The number of hydrogen-bond acceptors (Lipinski definition) is 5. The van der Waals surface area contributed by atoms with Crippen LogP contribution in [0.4, 0.5) is 0 Å². The Balaban J connectivity index is 1.43. The largest absolute Gasteiger partial charge is 0.497 e. The van der Waals surface area contributed by atoms with E-state index in [0.29, 0.717) is 6.54 Å². The number of aliphatic hydroxyl groups is 1. The quantitative estimate of drug-likeness (QED) is 0.507. The molecule has 1 unspecified atom stereocenters. The highest BCUT2D eigenvalue weighted by Crippen LogP contribution is 2.28. The Bertz CT molecular complexity index is 1130. The lowest BCUT2D eigenvalue weighted by Gasteiger charge is -2.13. The zero-order valence-electron chi connectivity index (χ0n) is 17.4. The molecule has 0 amide bonds. The number of rotatable bonds is 6. The zero-order valence-corrected chi connectivity index (χ0v) is 17.4. The smallest absolute Gasteiger partial charge is 0.154 e. The Morgan fingerprint density at radius 2 is 1.81 bits per heavy atom. The van der Waals surface area contributed by atoms with Gasteiger partial charge < -0.3 is 14.3 Å². The highest BCUT2D eigenvalue weighted by molar-refractivity contribution is 5.65. The van der Waals surface area contributed by atoms with Gasteiger partial charge in [0, 0.05) is 31.4 Å². The molecule has 1 aliphatic rings. The lowest BCUT2D eigenvalue weighted by molar-refractivity contribution is 0.175. The third-order valence-electron chi connectivity index (χ3n) is 5.74. The maximum atomic E-state index is 9.88. The van der Waals surface area contributed by atoms with Gasteiger partial charge in [-0.15, -0.1) is 0 Å². The predicted molar refractivity (Wildman–Crippen MR) is 119 cm³/mol. The van der Waals surface area contributed by atoms with E-state index in [4.69, 9.17) is 14.3 Å². The van der Waals surface area contributed by atoms with E-state index in [9.17, 15) is 5.11 Å². The Labute approximate surface area is 181 Å². The molecule has 31 heavy (non-hydrogen) atoms. The molecule has 1 fully saturated rings. The molecule has 0 bridgehead atoms. The fourth-order valence-corrected chi connectivity index (χ4v) is 4.07. The standard InChI is InChI=1S/C25H25N3O3/c1-30-23-10-6-19(7-11-23)18-4-8-21(9-5-18)28-16-20(15-27-13-12-22(29)17-27)25(26-28)24-3-2-14-31-24/h2-11,14,16,22,29H,12-13,15,17H2,1H3. The summed E-state index contributed by atoms with van der Waals surface area (Å²) in [5.74, 6) is 1.60. The summed E-state index contributed by atoms with van der Waals surface area (Å²) in [5.41, 5.74) is 5.18. The summed E-state index contributed by atoms with van der Waals surface area (Å²) < 4.78 is 12.8. The number of furan rings is 1. The van der Waals surface area contributed by atoms with Crippen LogP contribution >= 0.6 is 0 Å². The van der Waals surface area contributed by atoms with Crippen molar-refractivity contribution in [1.29, 1.82) is 0 Å². The predicted octanol–water partition coefficient (Wildman–Crippen LogP) is 4.37. The molecule has 158 valence electrons. The minimum Gasteiger partial charge on any atom is -0.497 e. The molecule has 1 atom stereocenters. The number of ether oxygens (including phenoxy) is 1. The van der Waals surface area contributed by atoms with Crippen LogP contribution in [0.25, 0.3) is 28.3 Å². The van der Waals surface area contributed by atoms with Crippen LogP contribution in [0.3, 0.4) is 0 Å². The van der Waals surface area contributed by atoms with Crippen LogP contribution < -0.4 is 4.74 Å². The number of nitrogens with zero attached hydrogens (tertiary/aromatic N) is 3. The van der Waals surface area contributed by atoms with E-state index < -0.39 is 0 Å². The normalized spacial score (nSPS) is 16.6. The summed E-state index contributed by atoms with van der Waals surface area (Å²) in [7, 11) is 1.67. The Morgan fingerprint density at radius 3 is 2.42 bits per heavy atom. The second kappa shape index (κ2) is 8.41. The first kappa shape index (κ1) is 19.6. The third-order valence-corrected chi connectivity index (χ3v) is 5.74. The maximum Gasteiger partial charge on any atom is 0.154 e. The third kappa shape index (κ3) is 4.13. The molecule has 1 N–H and O–H groups in total. The van der Waals surface area contributed by atoms with Crippen LogP contribution in [0, 0.1) is 0 Å². The number of aliphatic hydroxyl groups excluding tert-OH is 1. The topological polar surface area (TPSA) is 63.7 Å². The van der Waals surface area contributed by atoms with Gasteiger partial charge in [0.2, 0.25) is 0 Å². The van der Waals surface area contributed by atoms with Gasteiger partial charge in [0.1, 0.15) is 11.4 Å². The van der Waals surface area contributed by atoms with Crippen molar-refractivity contribution in [3.63, 3.8) is 0 Å². The first-order valence-corrected chi connectivity index (χ1v) is 10.5. The highest BCUT2D eigenvalue weighted by Gasteiger charge is 2.23. The number of benzene rings is 2. The Kier molecular flexibility index (Phi) is 5.32. The minimum absolute atomic E-state index is 0.243. The molecule has 1 aliphatic heterocycles. The van der Waals surface area contributed by atoms with Crippen molar-refractivity contribution in [2.24, 2.45) is 0 Å². The average Bonchev–Trinajstić information content (AvgIpc) is 3.56. The van der Waals surface area contributed by atoms with Gasteiger partial charge in [-0.05, 0) is 53.9 Å². The van der Waals surface area contributed by atoms with Gasteiger partial charge in [-0.25, -0.2) is 4.68 Å². The van der Waals surface area contributed by atoms with Crippen LogP contribution in [0.2, 0.25) is 0 Å². The zero-order chi connectivity index (χ0) is 21.2. The monoisotopic (exact) mass is 415 g/mol. The van der Waals surface area contributed by atoms with Crippen LogP contribution in [0.15, 0.2) is 77.5 Å². The van der Waals surface area contributed by atoms with Crippen molar-refractivity contribution in [1.82, 2.24) is 14.7 Å². The lowest BCUT2D eigenvalue weighted by atomic mass is 10.1. The van der Waals surface area contributed by atoms with Gasteiger partial charge in [0.05, 0.1) is 25.2 Å². The minimum atomic E-state index is -0.243. The van der Waals surface area contributed by atoms with Crippen molar-refractivity contribution >= 4 is 0 Å². The maximum absolute atomic E-state index is 9.88. The van der Waals surface area contributed by atoms with E-state index in [1.54, 1.807) is 13.4 Å². The number of methoxy groups -OCH3 is 1. The van der Waals surface area contributed by atoms with Gasteiger partial charge in [-0.1, -0.05) is 24.3 Å². The van der Waals surface area contributed by atoms with Crippen LogP contribution in [0.1, 0.15) is 12.0 Å². The summed E-state index contributed by atoms with van der Waals surface area (Å²) >= 11 is 0. The molecular weight excluding hydrogens is 390 g/mol. The molecule has 6 nitrogen and oxygen atoms in total. The van der Waals surface area contributed by atoms with Crippen LogP contribution in [-0.2, 0) is 6.54 Å². The molecule has 0 saturated carbocycles. The molecule has 0 aliphatic carbocycles. The fourth-order valence-electron chi connectivity index (χ4n) is 4.07. The van der Waals surface area contributed by atoms with E-state index in [-0.39, 0.29) is 6.10 Å². The average molecular weight is 415 g/mol. The van der Waals surface area contributed by atoms with Gasteiger partial charge in [0.15, 0.2) is 5.76 Å². The fraction of sp³-hybridized carbons (Fsp3) is 0.240. The first-order chi connectivity index (χ1) is 15.2. The molecule has 5 rings (SSSR count). The molecule has 1 saturated heterocycles. The molecule has 4 aromatic rings. The molecule has 3 heterocycles. The summed E-state index contributed by atoms with van der Waals surface area (Å²) in [4.78, 5) is 2.26. The molecular formula is C25H25N3O3. The Morgan fingerprint density at radius 1 is 1.06 bits per heavy atom. The van der Waals surface area contributed by atoms with E-state index >= 15 is 0 Å².